The summed E-state index contributed by atoms with van der Waals surface area (Å²) in [6, 6.07) is 12.1. The molecule has 1 unspecified atom stereocenters. The molecule has 1 amide bonds. The molecule has 0 aliphatic carbocycles. The average Bonchev–Trinajstić information content (AvgIpc) is 3.04. The minimum Gasteiger partial charge on any atom is -0.342 e. The number of nitrogens with zero attached hydrogens (tertiary/aromatic N) is 3. The van der Waals surface area contributed by atoms with E-state index in [1.165, 1.54) is 6.07 Å². The highest BCUT2D eigenvalue weighted by Crippen LogP contribution is 2.25. The Labute approximate surface area is 182 Å². The molecule has 0 radical (unpaired) electrons. The molecule has 3 rings (SSSR count). The Morgan fingerprint density at radius 2 is 1.82 bits per heavy atom. The fraction of sp³-hybridized carbons (Fsp3) is 0.211. The minimum absolute atomic E-state index is 0.260. The van der Waals surface area contributed by atoms with Gasteiger partial charge in [-0.3, -0.25) is 4.79 Å². The van der Waals surface area contributed by atoms with Crippen molar-refractivity contribution < 1.29 is 4.79 Å². The lowest BCUT2D eigenvalue weighted by atomic mass is 10.2. The predicted octanol–water partition coefficient (Wildman–Crippen LogP) is 5.56. The molecule has 0 fully saturated rings. The monoisotopic (exact) mass is 454 g/mol. The van der Waals surface area contributed by atoms with Gasteiger partial charge in [0.1, 0.15) is 0 Å². The van der Waals surface area contributed by atoms with Crippen LogP contribution in [0.2, 0.25) is 15.1 Å². The fourth-order valence-corrected chi connectivity index (χ4v) is 3.84. The van der Waals surface area contributed by atoms with E-state index in [0.29, 0.717) is 26.5 Å². The average molecular weight is 456 g/mol. The highest BCUT2D eigenvalue weighted by Gasteiger charge is 2.19. The molecule has 2 aromatic carbocycles. The third-order valence-electron chi connectivity index (χ3n) is 4.07. The smallest absolute Gasteiger partial charge is 0.251 e. The van der Waals surface area contributed by atoms with Gasteiger partial charge in [-0.2, -0.15) is 0 Å². The highest BCUT2D eigenvalue weighted by atomic mass is 35.5. The molecule has 1 heterocycles. The standard InChI is InChI=1S/C19H17Cl3N4OS/c1-11(23-18(27)13-5-8-15(21)16(22)9-13)17-24-25-19(26(17)2)28-10-12-3-6-14(20)7-4-12/h3-9,11H,10H2,1-2H3,(H,23,27). The molecule has 3 aromatic rings. The van der Waals surface area contributed by atoms with E-state index in [1.54, 1.807) is 23.9 Å². The maximum absolute atomic E-state index is 12.5. The Bertz CT molecular complexity index is 991. The van der Waals surface area contributed by atoms with Crippen molar-refractivity contribution in [2.75, 3.05) is 0 Å². The third kappa shape index (κ3) is 5.00. The van der Waals surface area contributed by atoms with Crippen LogP contribution in [0.4, 0.5) is 0 Å². The maximum atomic E-state index is 12.5. The van der Waals surface area contributed by atoms with Gasteiger partial charge in [0, 0.05) is 23.4 Å². The first kappa shape index (κ1) is 21.0. The summed E-state index contributed by atoms with van der Waals surface area (Å²) in [5.74, 6) is 1.14. The number of carbonyl (C=O) groups is 1. The molecule has 0 aliphatic rings. The van der Waals surface area contributed by atoms with Crippen LogP contribution in [-0.2, 0) is 12.8 Å². The molecule has 0 aliphatic heterocycles. The Hall–Kier alpha value is -1.73. The van der Waals surface area contributed by atoms with E-state index >= 15 is 0 Å². The van der Waals surface area contributed by atoms with E-state index in [1.807, 2.05) is 42.8 Å². The molecule has 28 heavy (non-hydrogen) atoms. The number of halogens is 3. The van der Waals surface area contributed by atoms with Gasteiger partial charge >= 0.3 is 0 Å². The van der Waals surface area contributed by atoms with E-state index in [-0.39, 0.29) is 11.9 Å². The second kappa shape index (κ2) is 9.18. The molecule has 9 heteroatoms. The Kier molecular flexibility index (Phi) is 6.88. The van der Waals surface area contributed by atoms with Crippen LogP contribution in [0.15, 0.2) is 47.6 Å². The number of aromatic nitrogens is 3. The Balaban J connectivity index is 1.65. The topological polar surface area (TPSA) is 59.8 Å². The van der Waals surface area contributed by atoms with E-state index < -0.39 is 0 Å². The zero-order chi connectivity index (χ0) is 20.3. The highest BCUT2D eigenvalue weighted by molar-refractivity contribution is 7.98. The Morgan fingerprint density at radius 1 is 1.11 bits per heavy atom. The van der Waals surface area contributed by atoms with Crippen LogP contribution < -0.4 is 5.32 Å². The van der Waals surface area contributed by atoms with Crippen molar-refractivity contribution in [1.29, 1.82) is 0 Å². The molecule has 146 valence electrons. The van der Waals surface area contributed by atoms with E-state index in [0.717, 1.165) is 16.5 Å². The third-order valence-corrected chi connectivity index (χ3v) is 6.15. The molecule has 0 saturated heterocycles. The lowest BCUT2D eigenvalue weighted by Crippen LogP contribution is -2.28. The maximum Gasteiger partial charge on any atom is 0.251 e. The first-order valence-electron chi connectivity index (χ1n) is 8.37. The summed E-state index contributed by atoms with van der Waals surface area (Å²) in [6.07, 6.45) is 0. The van der Waals surface area contributed by atoms with Crippen LogP contribution >= 0.6 is 46.6 Å². The largest absolute Gasteiger partial charge is 0.342 e. The molecule has 1 atom stereocenters. The summed E-state index contributed by atoms with van der Waals surface area (Å²) in [5, 5.41) is 13.6. The molecular weight excluding hydrogens is 439 g/mol. The normalized spacial score (nSPS) is 12.0. The number of benzene rings is 2. The van der Waals surface area contributed by atoms with Gasteiger partial charge in [0.25, 0.3) is 5.91 Å². The number of amides is 1. The zero-order valence-corrected chi connectivity index (χ0v) is 18.2. The van der Waals surface area contributed by atoms with E-state index in [9.17, 15) is 4.79 Å². The van der Waals surface area contributed by atoms with Crippen LogP contribution in [0, 0.1) is 0 Å². The number of carbonyl (C=O) groups excluding carboxylic acids is 1. The second-order valence-electron chi connectivity index (χ2n) is 6.14. The van der Waals surface area contributed by atoms with Crippen LogP contribution in [-0.4, -0.2) is 20.7 Å². The zero-order valence-electron chi connectivity index (χ0n) is 15.1. The number of thioether (sulfide) groups is 1. The lowest BCUT2D eigenvalue weighted by molar-refractivity contribution is 0.0937. The van der Waals surface area contributed by atoms with Gasteiger partial charge < -0.3 is 9.88 Å². The van der Waals surface area contributed by atoms with E-state index in [4.69, 9.17) is 34.8 Å². The van der Waals surface area contributed by atoms with Gasteiger partial charge in [0.05, 0.1) is 16.1 Å². The van der Waals surface area contributed by atoms with Gasteiger partial charge in [-0.05, 0) is 42.8 Å². The number of hydrogen-bond acceptors (Lipinski definition) is 4. The van der Waals surface area contributed by atoms with E-state index in [2.05, 4.69) is 15.5 Å². The van der Waals surface area contributed by atoms with Gasteiger partial charge in [-0.1, -0.05) is 58.7 Å². The first-order valence-corrected chi connectivity index (χ1v) is 10.5. The summed E-state index contributed by atoms with van der Waals surface area (Å²) < 4.78 is 1.88. The van der Waals surface area contributed by atoms with Gasteiger partial charge in [0.15, 0.2) is 11.0 Å². The first-order chi connectivity index (χ1) is 13.3. The van der Waals surface area contributed by atoms with Crippen molar-refractivity contribution in [3.63, 3.8) is 0 Å². The number of rotatable bonds is 6. The van der Waals surface area contributed by atoms with Crippen LogP contribution in [0.25, 0.3) is 0 Å². The Morgan fingerprint density at radius 3 is 2.50 bits per heavy atom. The molecule has 0 spiro atoms. The predicted molar refractivity (Wildman–Crippen MR) is 114 cm³/mol. The second-order valence-corrected chi connectivity index (χ2v) is 8.33. The minimum atomic E-state index is -0.329. The number of nitrogens with one attached hydrogen (secondary N) is 1. The molecule has 1 N–H and O–H groups in total. The van der Waals surface area contributed by atoms with Gasteiger partial charge in [-0.25, -0.2) is 0 Å². The molecule has 1 aromatic heterocycles. The molecule has 5 nitrogen and oxygen atoms in total. The van der Waals surface area contributed by atoms with Crippen molar-refractivity contribution in [2.24, 2.45) is 7.05 Å². The van der Waals surface area contributed by atoms with Gasteiger partial charge in [-0.15, -0.1) is 10.2 Å². The summed E-state index contributed by atoms with van der Waals surface area (Å²) in [6.45, 7) is 1.85. The SMILES string of the molecule is CC(NC(=O)c1ccc(Cl)c(Cl)c1)c1nnc(SCc2ccc(Cl)cc2)n1C. The quantitative estimate of drug-likeness (QED) is 0.494. The van der Waals surface area contributed by atoms with Crippen molar-refractivity contribution in [1.82, 2.24) is 20.1 Å². The lowest BCUT2D eigenvalue weighted by Gasteiger charge is -2.14. The van der Waals surface area contributed by atoms with Crippen LogP contribution in [0.3, 0.4) is 0 Å². The van der Waals surface area contributed by atoms with Gasteiger partial charge in [0.2, 0.25) is 0 Å². The molecule has 0 saturated carbocycles. The summed E-state index contributed by atoms with van der Waals surface area (Å²) in [4.78, 5) is 12.5. The summed E-state index contributed by atoms with van der Waals surface area (Å²) >= 11 is 19.4. The number of hydrogen-bond donors (Lipinski definition) is 1. The van der Waals surface area contributed by atoms with Crippen molar-refractivity contribution in [3.8, 4) is 0 Å². The summed E-state index contributed by atoms with van der Waals surface area (Å²) in [5.41, 5.74) is 1.57. The van der Waals surface area contributed by atoms with Crippen LogP contribution in [0.1, 0.15) is 34.7 Å². The molecular formula is C19H17Cl3N4OS. The fourth-order valence-electron chi connectivity index (χ4n) is 2.54. The summed E-state index contributed by atoms with van der Waals surface area (Å²) in [7, 11) is 1.88. The molecule has 0 bridgehead atoms. The van der Waals surface area contributed by atoms with Crippen LogP contribution in [0.5, 0.6) is 0 Å². The van der Waals surface area contributed by atoms with Crippen molar-refractivity contribution in [2.45, 2.75) is 23.9 Å². The van der Waals surface area contributed by atoms with Crippen molar-refractivity contribution in [3.05, 3.63) is 74.5 Å². The van der Waals surface area contributed by atoms with Crippen molar-refractivity contribution >= 4 is 52.5 Å².